The van der Waals surface area contributed by atoms with Gasteiger partial charge >= 0.3 is 0 Å². The number of aryl methyl sites for hydroxylation is 1. The number of rotatable bonds is 3. The largest absolute Gasteiger partial charge is 0.348 e. The predicted molar refractivity (Wildman–Crippen MR) is 67.3 cm³/mol. The lowest BCUT2D eigenvalue weighted by Crippen LogP contribution is -2.37. The first-order chi connectivity index (χ1) is 6.56. The molecule has 1 aromatic rings. The quantitative estimate of drug-likeness (QED) is 0.883. The molecule has 0 radical (unpaired) electrons. The molecule has 86 valence electrons. The fourth-order valence-corrected chi connectivity index (χ4v) is 2.11. The molecule has 6 heteroatoms. The van der Waals surface area contributed by atoms with Gasteiger partial charge in [-0.25, -0.2) is 0 Å². The van der Waals surface area contributed by atoms with E-state index in [9.17, 15) is 4.79 Å². The lowest BCUT2D eigenvalue weighted by Gasteiger charge is -2.10. The van der Waals surface area contributed by atoms with Crippen LogP contribution in [0.2, 0.25) is 5.02 Å². The molecule has 0 saturated heterocycles. The van der Waals surface area contributed by atoms with Crippen LogP contribution in [0.1, 0.15) is 22.2 Å². The summed E-state index contributed by atoms with van der Waals surface area (Å²) in [4.78, 5) is 12.2. The van der Waals surface area contributed by atoms with Crippen LogP contribution in [-0.2, 0) is 0 Å². The third-order valence-corrected chi connectivity index (χ3v) is 3.53. The Kier molecular flexibility index (Phi) is 6.20. The number of carbonyl (C=O) groups excluding carboxylic acids is 1. The molecule has 1 heterocycles. The molecule has 0 aromatic carbocycles. The van der Waals surface area contributed by atoms with E-state index in [0.29, 0.717) is 16.4 Å². The smallest absolute Gasteiger partial charge is 0.263 e. The van der Waals surface area contributed by atoms with Gasteiger partial charge in [-0.1, -0.05) is 11.6 Å². The van der Waals surface area contributed by atoms with Crippen LogP contribution in [0.15, 0.2) is 5.38 Å². The van der Waals surface area contributed by atoms with Crippen molar-refractivity contribution in [2.75, 3.05) is 6.54 Å². The fourth-order valence-electron chi connectivity index (χ4n) is 0.931. The van der Waals surface area contributed by atoms with Gasteiger partial charge in [0.05, 0.1) is 5.02 Å². The van der Waals surface area contributed by atoms with Gasteiger partial charge in [0.25, 0.3) is 5.91 Å². The lowest BCUT2D eigenvalue weighted by atomic mass is 10.3. The Balaban J connectivity index is 0.00000196. The van der Waals surface area contributed by atoms with Crippen LogP contribution in [-0.4, -0.2) is 18.5 Å². The highest BCUT2D eigenvalue weighted by Crippen LogP contribution is 2.26. The van der Waals surface area contributed by atoms with Crippen LogP contribution in [0.4, 0.5) is 0 Å². The van der Waals surface area contributed by atoms with Crippen molar-refractivity contribution in [3.05, 3.63) is 20.8 Å². The number of carbonyl (C=O) groups is 1. The zero-order valence-corrected chi connectivity index (χ0v) is 10.9. The second-order valence-corrected chi connectivity index (χ2v) is 4.43. The van der Waals surface area contributed by atoms with Crippen molar-refractivity contribution >= 4 is 41.3 Å². The van der Waals surface area contributed by atoms with E-state index < -0.39 is 0 Å². The fraction of sp³-hybridized carbons (Fsp3) is 0.444. The van der Waals surface area contributed by atoms with E-state index in [-0.39, 0.29) is 24.4 Å². The van der Waals surface area contributed by atoms with Crippen LogP contribution >= 0.6 is 35.3 Å². The molecule has 0 bridgehead atoms. The summed E-state index contributed by atoms with van der Waals surface area (Å²) >= 11 is 7.30. The molecule has 0 fully saturated rings. The normalized spacial score (nSPS) is 11.7. The molecule has 3 N–H and O–H groups in total. The molecule has 1 aromatic heterocycles. The first-order valence-corrected chi connectivity index (χ1v) is 5.56. The van der Waals surface area contributed by atoms with E-state index in [1.54, 1.807) is 0 Å². The average molecular weight is 269 g/mol. The summed E-state index contributed by atoms with van der Waals surface area (Å²) in [5, 5.41) is 5.17. The highest BCUT2D eigenvalue weighted by molar-refractivity contribution is 7.13. The summed E-state index contributed by atoms with van der Waals surface area (Å²) in [5.41, 5.74) is 6.33. The van der Waals surface area contributed by atoms with Crippen LogP contribution in [0.3, 0.4) is 0 Å². The molecule has 0 aliphatic carbocycles. The maximum Gasteiger partial charge on any atom is 0.263 e. The van der Waals surface area contributed by atoms with E-state index in [2.05, 4.69) is 5.32 Å². The van der Waals surface area contributed by atoms with Gasteiger partial charge in [0.1, 0.15) is 4.88 Å². The first-order valence-electron chi connectivity index (χ1n) is 4.30. The van der Waals surface area contributed by atoms with E-state index in [4.69, 9.17) is 17.3 Å². The maximum atomic E-state index is 11.6. The highest BCUT2D eigenvalue weighted by atomic mass is 35.5. The zero-order chi connectivity index (χ0) is 10.7. The van der Waals surface area contributed by atoms with Crippen molar-refractivity contribution in [2.24, 2.45) is 5.73 Å². The third-order valence-electron chi connectivity index (χ3n) is 1.84. The van der Waals surface area contributed by atoms with Crippen molar-refractivity contribution in [2.45, 2.75) is 19.9 Å². The van der Waals surface area contributed by atoms with Crippen LogP contribution in [0.25, 0.3) is 0 Å². The van der Waals surface area contributed by atoms with Crippen molar-refractivity contribution < 1.29 is 4.79 Å². The van der Waals surface area contributed by atoms with Crippen molar-refractivity contribution in [1.82, 2.24) is 5.32 Å². The van der Waals surface area contributed by atoms with Gasteiger partial charge in [0.15, 0.2) is 0 Å². The topological polar surface area (TPSA) is 55.1 Å². The lowest BCUT2D eigenvalue weighted by molar-refractivity contribution is 0.0945. The second-order valence-electron chi connectivity index (χ2n) is 3.17. The van der Waals surface area contributed by atoms with E-state index in [1.807, 2.05) is 19.2 Å². The Hall–Kier alpha value is -0.290. The van der Waals surface area contributed by atoms with Crippen LogP contribution in [0, 0.1) is 6.92 Å². The monoisotopic (exact) mass is 268 g/mol. The van der Waals surface area contributed by atoms with Gasteiger partial charge in [-0.2, -0.15) is 0 Å². The SMILES string of the molecule is Cc1csc(C(=O)N[C@H](C)CN)c1Cl.Cl. The van der Waals surface area contributed by atoms with E-state index in [0.717, 1.165) is 5.56 Å². The summed E-state index contributed by atoms with van der Waals surface area (Å²) in [6.45, 7) is 4.15. The average Bonchev–Trinajstić information content (AvgIpc) is 2.47. The van der Waals surface area contributed by atoms with Gasteiger partial charge in [-0.15, -0.1) is 23.7 Å². The highest BCUT2D eigenvalue weighted by Gasteiger charge is 2.15. The van der Waals surface area contributed by atoms with Gasteiger partial charge in [0, 0.05) is 12.6 Å². The van der Waals surface area contributed by atoms with Gasteiger partial charge in [-0.3, -0.25) is 4.79 Å². The number of hydrogen-bond acceptors (Lipinski definition) is 3. The maximum absolute atomic E-state index is 11.6. The summed E-state index contributed by atoms with van der Waals surface area (Å²) in [6, 6.07) is -0.0269. The van der Waals surface area contributed by atoms with Crippen molar-refractivity contribution in [3.63, 3.8) is 0 Å². The van der Waals surface area contributed by atoms with Crippen molar-refractivity contribution in [1.29, 1.82) is 0 Å². The molecule has 0 aliphatic rings. The number of halogens is 2. The Morgan fingerprint density at radius 3 is 2.73 bits per heavy atom. The summed E-state index contributed by atoms with van der Waals surface area (Å²) in [7, 11) is 0. The Morgan fingerprint density at radius 2 is 2.33 bits per heavy atom. The minimum Gasteiger partial charge on any atom is -0.348 e. The summed E-state index contributed by atoms with van der Waals surface area (Å²) in [5.74, 6) is -0.147. The third kappa shape index (κ3) is 3.65. The minimum atomic E-state index is -0.147. The van der Waals surface area contributed by atoms with Crippen molar-refractivity contribution in [3.8, 4) is 0 Å². The van der Waals surface area contributed by atoms with E-state index >= 15 is 0 Å². The predicted octanol–water partition coefficient (Wildman–Crippen LogP) is 2.21. The second kappa shape index (κ2) is 6.33. The van der Waals surface area contributed by atoms with Crippen LogP contribution < -0.4 is 11.1 Å². The number of nitrogens with two attached hydrogens (primary N) is 1. The zero-order valence-electron chi connectivity index (χ0n) is 8.54. The summed E-state index contributed by atoms with van der Waals surface area (Å²) < 4.78 is 0. The van der Waals surface area contributed by atoms with E-state index in [1.165, 1.54) is 11.3 Å². The number of thiophene rings is 1. The minimum absolute atomic E-state index is 0. The number of hydrogen-bond donors (Lipinski definition) is 2. The number of amides is 1. The Labute approximate surface area is 104 Å². The molecule has 1 amide bonds. The molecule has 0 spiro atoms. The molecule has 3 nitrogen and oxygen atoms in total. The molecular weight excluding hydrogens is 255 g/mol. The molecule has 1 rings (SSSR count). The molecule has 0 saturated carbocycles. The van der Waals surface area contributed by atoms with Crippen LogP contribution in [0.5, 0.6) is 0 Å². The van der Waals surface area contributed by atoms with Gasteiger partial charge in [-0.05, 0) is 24.8 Å². The van der Waals surface area contributed by atoms with Gasteiger partial charge in [0.2, 0.25) is 0 Å². The number of nitrogens with one attached hydrogen (secondary N) is 1. The molecular formula is C9H14Cl2N2OS. The Bertz CT molecular complexity index is 341. The molecule has 15 heavy (non-hydrogen) atoms. The molecule has 1 atom stereocenters. The molecule has 0 aliphatic heterocycles. The van der Waals surface area contributed by atoms with Gasteiger partial charge < -0.3 is 11.1 Å². The first kappa shape index (κ1) is 14.7. The Morgan fingerprint density at radius 1 is 1.73 bits per heavy atom. The summed E-state index contributed by atoms with van der Waals surface area (Å²) in [6.07, 6.45) is 0. The molecule has 0 unspecified atom stereocenters. The standard InChI is InChI=1S/C9H13ClN2OS.ClH/c1-5-4-14-8(7(5)10)9(13)12-6(2)3-11;/h4,6H,3,11H2,1-2H3,(H,12,13);1H/t6-;/m1./s1.